The van der Waals surface area contributed by atoms with Gasteiger partial charge in [-0.2, -0.15) is 0 Å². The Kier molecular flexibility index (Phi) is 7.88. The van der Waals surface area contributed by atoms with E-state index < -0.39 is 29.6 Å². The number of aliphatic hydroxyl groups excluding tert-OH is 1. The summed E-state index contributed by atoms with van der Waals surface area (Å²) in [5.41, 5.74) is 0.429. The first-order valence-electron chi connectivity index (χ1n) is 14.8. The molecule has 6 rings (SSSR count). The maximum Gasteiger partial charge on any atom is 0.249 e. The molecule has 0 saturated carbocycles. The normalized spacial score (nSPS) is 28.4. The van der Waals surface area contributed by atoms with Gasteiger partial charge >= 0.3 is 0 Å². The Balaban J connectivity index is 1.36. The number of hydrogen-bond donors (Lipinski definition) is 1. The van der Waals surface area contributed by atoms with Crippen molar-refractivity contribution in [2.75, 3.05) is 37.7 Å². The molecule has 9 nitrogen and oxygen atoms in total. The number of benzene rings is 2. The molecule has 1 spiro atoms. The van der Waals surface area contributed by atoms with Crippen molar-refractivity contribution in [2.24, 2.45) is 11.8 Å². The number of carbonyl (C=O) groups is 3. The summed E-state index contributed by atoms with van der Waals surface area (Å²) in [6.07, 6.45) is 7.95. The minimum atomic E-state index is -1.27. The number of likely N-dealkylation sites (tertiary alicyclic amines) is 1. The van der Waals surface area contributed by atoms with Crippen LogP contribution in [0.25, 0.3) is 0 Å². The molecule has 1 N–H and O–H groups in total. The fourth-order valence-corrected chi connectivity index (χ4v) is 6.88. The van der Waals surface area contributed by atoms with Crippen LogP contribution in [0.2, 0.25) is 0 Å². The number of amides is 3. The number of unbranched alkanes of at least 4 members (excludes halogenated alkanes) is 1. The maximum atomic E-state index is 14.3. The van der Waals surface area contributed by atoms with Gasteiger partial charge in [-0.15, -0.1) is 0 Å². The summed E-state index contributed by atoms with van der Waals surface area (Å²) in [5.74, 6) is -1.56. The largest absolute Gasteiger partial charge is 0.494 e. The second-order valence-electron chi connectivity index (χ2n) is 11.2. The Labute approximate surface area is 246 Å². The van der Waals surface area contributed by atoms with Crippen molar-refractivity contribution in [3.8, 4) is 5.75 Å². The van der Waals surface area contributed by atoms with E-state index in [1.165, 1.54) is 0 Å². The topological polar surface area (TPSA) is 99.6 Å². The van der Waals surface area contributed by atoms with Crippen molar-refractivity contribution >= 4 is 23.4 Å². The van der Waals surface area contributed by atoms with Gasteiger partial charge in [0.25, 0.3) is 0 Å². The summed E-state index contributed by atoms with van der Waals surface area (Å²) < 4.78 is 12.3. The van der Waals surface area contributed by atoms with Crippen LogP contribution in [0.4, 0.5) is 5.69 Å². The van der Waals surface area contributed by atoms with Gasteiger partial charge in [0.1, 0.15) is 17.4 Å². The standard InChI is InChI=1S/C33H37N3O6/c1-2-41-25-15-13-24(14-16-25)35-20-8-12-26-27(30(35)38)28-31(39)36(19-6-7-21-37)29-32(40)34(18-9-17-33(28,29)42-26)22-23-10-4-3-5-11-23/h3-5,8-17,26-29,37H,2,6-7,18-22H2,1H3/t26-,27+,28-,29?,33-/m0/s1. The molecule has 2 saturated heterocycles. The summed E-state index contributed by atoms with van der Waals surface area (Å²) in [5, 5.41) is 9.43. The molecule has 220 valence electrons. The molecule has 1 unspecified atom stereocenters. The number of fused-ring (bicyclic) bond motifs is 2. The number of ether oxygens (including phenoxy) is 2. The summed E-state index contributed by atoms with van der Waals surface area (Å²) in [6.45, 7) is 3.88. The zero-order valence-corrected chi connectivity index (χ0v) is 23.8. The molecular formula is C33H37N3O6. The zero-order chi connectivity index (χ0) is 29.3. The number of rotatable bonds is 9. The number of anilines is 1. The van der Waals surface area contributed by atoms with Crippen LogP contribution in [0.3, 0.4) is 0 Å². The van der Waals surface area contributed by atoms with Crippen molar-refractivity contribution in [3.05, 3.63) is 84.5 Å². The lowest BCUT2D eigenvalue weighted by molar-refractivity contribution is -0.147. The second kappa shape index (κ2) is 11.7. The van der Waals surface area contributed by atoms with Gasteiger partial charge in [0.15, 0.2) is 0 Å². The van der Waals surface area contributed by atoms with Crippen LogP contribution in [0.1, 0.15) is 25.3 Å². The van der Waals surface area contributed by atoms with E-state index in [4.69, 9.17) is 9.47 Å². The highest BCUT2D eigenvalue weighted by Gasteiger charge is 2.71. The third-order valence-electron chi connectivity index (χ3n) is 8.72. The quantitative estimate of drug-likeness (QED) is 0.367. The monoisotopic (exact) mass is 571 g/mol. The van der Waals surface area contributed by atoms with Crippen molar-refractivity contribution in [2.45, 2.75) is 44.1 Å². The van der Waals surface area contributed by atoms with Gasteiger partial charge in [0.2, 0.25) is 17.7 Å². The average molecular weight is 572 g/mol. The van der Waals surface area contributed by atoms with Crippen LogP contribution in [0.5, 0.6) is 5.75 Å². The molecule has 5 atom stereocenters. The van der Waals surface area contributed by atoms with Gasteiger partial charge < -0.3 is 29.3 Å². The minimum Gasteiger partial charge on any atom is -0.494 e. The Morgan fingerprint density at radius 1 is 0.952 bits per heavy atom. The molecule has 2 aromatic carbocycles. The van der Waals surface area contributed by atoms with Gasteiger partial charge in [0, 0.05) is 38.5 Å². The van der Waals surface area contributed by atoms with Crippen molar-refractivity contribution < 1.29 is 29.0 Å². The van der Waals surface area contributed by atoms with Crippen LogP contribution in [-0.2, 0) is 25.7 Å². The maximum absolute atomic E-state index is 14.3. The first kappa shape index (κ1) is 28.2. The Hall–Kier alpha value is -3.95. The van der Waals surface area contributed by atoms with Crippen LogP contribution in [0.15, 0.2) is 78.9 Å². The van der Waals surface area contributed by atoms with E-state index in [2.05, 4.69) is 0 Å². The van der Waals surface area contributed by atoms with E-state index in [1.807, 2.05) is 85.8 Å². The van der Waals surface area contributed by atoms with Crippen LogP contribution in [-0.4, -0.2) is 83.2 Å². The van der Waals surface area contributed by atoms with Gasteiger partial charge in [0.05, 0.1) is 24.5 Å². The fourth-order valence-electron chi connectivity index (χ4n) is 6.88. The van der Waals surface area contributed by atoms with Crippen molar-refractivity contribution in [1.82, 2.24) is 9.80 Å². The molecule has 0 aromatic heterocycles. The summed E-state index contributed by atoms with van der Waals surface area (Å²) in [6, 6.07) is 16.2. The molecule has 4 aliphatic heterocycles. The molecule has 0 radical (unpaired) electrons. The minimum absolute atomic E-state index is 0.00320. The van der Waals surface area contributed by atoms with E-state index in [1.54, 1.807) is 14.7 Å². The Bertz CT molecular complexity index is 1380. The first-order valence-corrected chi connectivity index (χ1v) is 14.8. The van der Waals surface area contributed by atoms with Crippen LogP contribution < -0.4 is 9.64 Å². The number of aliphatic hydroxyl groups is 1. The van der Waals surface area contributed by atoms with E-state index in [0.29, 0.717) is 51.3 Å². The Morgan fingerprint density at radius 3 is 2.48 bits per heavy atom. The lowest BCUT2D eigenvalue weighted by atomic mass is 9.77. The smallest absolute Gasteiger partial charge is 0.249 e. The van der Waals surface area contributed by atoms with Crippen molar-refractivity contribution in [1.29, 1.82) is 0 Å². The van der Waals surface area contributed by atoms with Crippen molar-refractivity contribution in [3.63, 3.8) is 0 Å². The lowest BCUT2D eigenvalue weighted by Crippen LogP contribution is -2.55. The molecule has 42 heavy (non-hydrogen) atoms. The van der Waals surface area contributed by atoms with E-state index in [9.17, 15) is 19.5 Å². The molecule has 9 heteroatoms. The molecule has 3 amide bonds. The fraction of sp³-hybridized carbons (Fsp3) is 0.424. The van der Waals surface area contributed by atoms with Crippen LogP contribution in [0, 0.1) is 11.8 Å². The number of carbonyl (C=O) groups excluding carboxylic acids is 3. The summed E-state index contributed by atoms with van der Waals surface area (Å²) in [7, 11) is 0. The zero-order valence-electron chi connectivity index (χ0n) is 23.8. The molecule has 4 aliphatic rings. The molecule has 0 bridgehead atoms. The first-order chi connectivity index (χ1) is 20.5. The summed E-state index contributed by atoms with van der Waals surface area (Å²) in [4.78, 5) is 48.0. The third kappa shape index (κ3) is 4.80. The van der Waals surface area contributed by atoms with Gasteiger partial charge in [-0.05, 0) is 49.6 Å². The van der Waals surface area contributed by atoms with E-state index >= 15 is 0 Å². The molecule has 4 heterocycles. The van der Waals surface area contributed by atoms with Gasteiger partial charge in [-0.25, -0.2) is 0 Å². The summed E-state index contributed by atoms with van der Waals surface area (Å²) >= 11 is 0. The molecule has 2 aromatic rings. The SMILES string of the molecule is CCOc1ccc(N2CC=C[C@@H]3O[C@]45C=CCN(Cc6ccccc6)C(=O)C4N(CCCCO)C(=O)[C@@H]5[C@@H]3C2=O)cc1. The highest BCUT2D eigenvalue weighted by Crippen LogP contribution is 2.53. The van der Waals surface area contributed by atoms with Gasteiger partial charge in [-0.3, -0.25) is 14.4 Å². The number of nitrogens with zero attached hydrogens (tertiary/aromatic N) is 3. The van der Waals surface area contributed by atoms with Crippen LogP contribution >= 0.6 is 0 Å². The third-order valence-corrected chi connectivity index (χ3v) is 8.72. The predicted octanol–water partition coefficient (Wildman–Crippen LogP) is 2.94. The number of hydrogen-bond acceptors (Lipinski definition) is 6. The average Bonchev–Trinajstić information content (AvgIpc) is 3.31. The lowest BCUT2D eigenvalue weighted by Gasteiger charge is -2.35. The molecule has 0 aliphatic carbocycles. The van der Waals surface area contributed by atoms with E-state index in [-0.39, 0.29) is 24.3 Å². The Morgan fingerprint density at radius 2 is 1.74 bits per heavy atom. The van der Waals surface area contributed by atoms with E-state index in [0.717, 1.165) is 11.3 Å². The molecule has 2 fully saturated rings. The highest BCUT2D eigenvalue weighted by molar-refractivity contribution is 6.03. The highest BCUT2D eigenvalue weighted by atomic mass is 16.5. The predicted molar refractivity (Wildman–Crippen MR) is 157 cm³/mol. The second-order valence-corrected chi connectivity index (χ2v) is 11.2. The molecular weight excluding hydrogens is 534 g/mol. The van der Waals surface area contributed by atoms with Gasteiger partial charge in [-0.1, -0.05) is 54.6 Å².